The summed E-state index contributed by atoms with van der Waals surface area (Å²) in [4.78, 5) is 68.7. The summed E-state index contributed by atoms with van der Waals surface area (Å²) >= 11 is 0. The van der Waals surface area contributed by atoms with E-state index in [0.29, 0.717) is 56.2 Å². The van der Waals surface area contributed by atoms with Crippen LogP contribution in [0, 0.1) is 0 Å². The van der Waals surface area contributed by atoms with Crippen molar-refractivity contribution >= 4 is 29.6 Å². The van der Waals surface area contributed by atoms with Crippen LogP contribution in [0.2, 0.25) is 0 Å². The highest BCUT2D eigenvalue weighted by molar-refractivity contribution is 5.82. The standard InChI is InChI=1S/C41H60N4O10/c1-6-8-20-42-36(47)27-33(46)32(23-29-14-10-9-11-15-29)43-37(48)26-31-28-44(38(49)16-12-13-17-40(51)55-7-2)21-22-45(31)39(50)19-18-30-24-34(52-3)41(54-5)35(25-30)53-4/h9-11,14-15,24-25,31-33,46H,6-8,12-13,16-23,26-28H2,1-5H3,(H,42,47)(H,43,48)/t31?,32-,33-/m0/s1. The molecule has 0 spiro atoms. The number of piperazine rings is 1. The molecule has 55 heavy (non-hydrogen) atoms. The zero-order valence-corrected chi connectivity index (χ0v) is 33.1. The highest BCUT2D eigenvalue weighted by Crippen LogP contribution is 2.38. The maximum absolute atomic E-state index is 13.9. The normalized spacial score (nSPS) is 15.1. The van der Waals surface area contributed by atoms with Gasteiger partial charge in [0.2, 0.25) is 29.4 Å². The zero-order chi connectivity index (χ0) is 40.2. The summed E-state index contributed by atoms with van der Waals surface area (Å²) in [5, 5.41) is 17.0. The first-order valence-corrected chi connectivity index (χ1v) is 19.3. The Morgan fingerprint density at radius 3 is 2.16 bits per heavy atom. The lowest BCUT2D eigenvalue weighted by Crippen LogP contribution is -2.58. The second-order valence-electron chi connectivity index (χ2n) is 13.7. The van der Waals surface area contributed by atoms with Gasteiger partial charge in [0, 0.05) is 51.9 Å². The van der Waals surface area contributed by atoms with E-state index in [1.54, 1.807) is 28.9 Å². The molecule has 304 valence electrons. The molecule has 1 aliphatic heterocycles. The fourth-order valence-electron chi connectivity index (χ4n) is 6.64. The maximum Gasteiger partial charge on any atom is 0.305 e. The van der Waals surface area contributed by atoms with Crippen molar-refractivity contribution < 1.29 is 48.0 Å². The van der Waals surface area contributed by atoms with Crippen LogP contribution in [-0.4, -0.2) is 117 Å². The van der Waals surface area contributed by atoms with E-state index in [4.69, 9.17) is 18.9 Å². The topological polar surface area (TPSA) is 173 Å². The number of benzene rings is 2. The number of rotatable bonds is 23. The molecule has 1 aliphatic rings. The molecule has 3 rings (SSSR count). The van der Waals surface area contributed by atoms with Crippen molar-refractivity contribution in [1.29, 1.82) is 0 Å². The fourth-order valence-corrected chi connectivity index (χ4v) is 6.64. The number of amides is 4. The Morgan fingerprint density at radius 2 is 1.53 bits per heavy atom. The summed E-state index contributed by atoms with van der Waals surface area (Å²) in [5.74, 6) is 0.0669. The monoisotopic (exact) mass is 768 g/mol. The number of ether oxygens (including phenoxy) is 4. The third-order valence-corrected chi connectivity index (χ3v) is 9.61. The van der Waals surface area contributed by atoms with Crippen LogP contribution < -0.4 is 24.8 Å². The number of nitrogens with zero attached hydrogens (tertiary/aromatic N) is 2. The first-order valence-electron chi connectivity index (χ1n) is 19.3. The second-order valence-corrected chi connectivity index (χ2v) is 13.7. The van der Waals surface area contributed by atoms with Gasteiger partial charge in [0.15, 0.2) is 11.5 Å². The molecule has 0 aromatic heterocycles. The van der Waals surface area contributed by atoms with E-state index in [1.165, 1.54) is 21.3 Å². The minimum atomic E-state index is -1.17. The van der Waals surface area contributed by atoms with Gasteiger partial charge in [-0.05, 0) is 62.3 Å². The molecule has 0 radical (unpaired) electrons. The predicted molar refractivity (Wildman–Crippen MR) is 207 cm³/mol. The summed E-state index contributed by atoms with van der Waals surface area (Å²) in [6.45, 7) is 5.25. The van der Waals surface area contributed by atoms with Crippen LogP contribution in [0.15, 0.2) is 42.5 Å². The van der Waals surface area contributed by atoms with E-state index in [-0.39, 0.29) is 75.3 Å². The lowest BCUT2D eigenvalue weighted by atomic mass is 9.98. The molecular weight excluding hydrogens is 708 g/mol. The van der Waals surface area contributed by atoms with Crippen molar-refractivity contribution in [2.75, 3.05) is 54.1 Å². The minimum absolute atomic E-state index is 0.120. The highest BCUT2D eigenvalue weighted by atomic mass is 16.5. The van der Waals surface area contributed by atoms with Crippen LogP contribution in [0.5, 0.6) is 17.2 Å². The molecule has 2 aromatic carbocycles. The molecule has 0 bridgehead atoms. The van der Waals surface area contributed by atoms with E-state index in [2.05, 4.69) is 10.6 Å². The molecule has 0 saturated carbocycles. The van der Waals surface area contributed by atoms with Crippen LogP contribution >= 0.6 is 0 Å². The number of carbonyl (C=O) groups is 5. The number of unbranched alkanes of at least 4 members (excludes halogenated alkanes) is 2. The third-order valence-electron chi connectivity index (χ3n) is 9.61. The van der Waals surface area contributed by atoms with Crippen LogP contribution in [0.4, 0.5) is 0 Å². The molecule has 14 nitrogen and oxygen atoms in total. The van der Waals surface area contributed by atoms with Crippen molar-refractivity contribution in [2.45, 2.75) is 103 Å². The first-order chi connectivity index (χ1) is 26.5. The zero-order valence-electron chi connectivity index (χ0n) is 33.1. The number of aryl methyl sites for hydroxylation is 1. The molecule has 4 amide bonds. The number of aliphatic hydroxyl groups excluding tert-OH is 1. The van der Waals surface area contributed by atoms with Gasteiger partial charge in [-0.25, -0.2) is 0 Å². The Labute approximate surface area is 325 Å². The quantitative estimate of drug-likeness (QED) is 0.112. The highest BCUT2D eigenvalue weighted by Gasteiger charge is 2.35. The average Bonchev–Trinajstić information content (AvgIpc) is 3.18. The van der Waals surface area contributed by atoms with Gasteiger partial charge in [0.1, 0.15) is 0 Å². The molecule has 1 fully saturated rings. The first kappa shape index (κ1) is 44.5. The SMILES string of the molecule is CCCCNC(=O)C[C@H](O)[C@H](Cc1ccccc1)NC(=O)CC1CN(C(=O)CCCCC(=O)OCC)CCN1C(=O)CCc1cc(OC)c(OC)c(OC)c1. The summed E-state index contributed by atoms with van der Waals surface area (Å²) in [5.41, 5.74) is 1.67. The van der Waals surface area contributed by atoms with Gasteiger partial charge in [-0.2, -0.15) is 0 Å². The Morgan fingerprint density at radius 1 is 0.836 bits per heavy atom. The molecule has 0 aliphatic carbocycles. The Balaban J connectivity index is 1.77. The summed E-state index contributed by atoms with van der Waals surface area (Å²) in [7, 11) is 4.56. The molecule has 14 heteroatoms. The van der Waals surface area contributed by atoms with Crippen LogP contribution in [0.25, 0.3) is 0 Å². The number of aliphatic hydroxyl groups is 1. The Bertz CT molecular complexity index is 1510. The van der Waals surface area contributed by atoms with E-state index in [9.17, 15) is 29.1 Å². The summed E-state index contributed by atoms with van der Waals surface area (Å²) < 4.78 is 21.4. The van der Waals surface area contributed by atoms with Gasteiger partial charge in [-0.15, -0.1) is 0 Å². The van der Waals surface area contributed by atoms with E-state index < -0.39 is 24.1 Å². The number of hydrogen-bond donors (Lipinski definition) is 3. The van der Waals surface area contributed by atoms with Crippen molar-refractivity contribution in [3.8, 4) is 17.2 Å². The number of carbonyl (C=O) groups excluding carboxylic acids is 5. The summed E-state index contributed by atoms with van der Waals surface area (Å²) in [6.07, 6.45) is 2.50. The molecule has 1 heterocycles. The van der Waals surface area contributed by atoms with Gasteiger partial charge >= 0.3 is 5.97 Å². The van der Waals surface area contributed by atoms with Crippen molar-refractivity contribution in [3.05, 3.63) is 53.6 Å². The van der Waals surface area contributed by atoms with Gasteiger partial charge in [0.25, 0.3) is 0 Å². The maximum atomic E-state index is 13.9. The van der Waals surface area contributed by atoms with E-state index in [0.717, 1.165) is 24.0 Å². The Kier molecular flexibility index (Phi) is 19.3. The predicted octanol–water partition coefficient (Wildman–Crippen LogP) is 3.59. The van der Waals surface area contributed by atoms with E-state index >= 15 is 0 Å². The lowest BCUT2D eigenvalue weighted by molar-refractivity contribution is -0.144. The molecule has 3 atom stereocenters. The van der Waals surface area contributed by atoms with Crippen LogP contribution in [0.3, 0.4) is 0 Å². The van der Waals surface area contributed by atoms with Crippen LogP contribution in [0.1, 0.15) is 82.8 Å². The number of esters is 1. The van der Waals surface area contributed by atoms with Gasteiger partial charge in [-0.1, -0.05) is 43.7 Å². The van der Waals surface area contributed by atoms with Crippen LogP contribution in [-0.2, 0) is 41.6 Å². The molecule has 3 N–H and O–H groups in total. The second kappa shape index (κ2) is 23.8. The van der Waals surface area contributed by atoms with Gasteiger partial charge in [-0.3, -0.25) is 24.0 Å². The number of hydrogen-bond acceptors (Lipinski definition) is 10. The minimum Gasteiger partial charge on any atom is -0.493 e. The average molecular weight is 769 g/mol. The van der Waals surface area contributed by atoms with Crippen molar-refractivity contribution in [2.24, 2.45) is 0 Å². The van der Waals surface area contributed by atoms with Crippen molar-refractivity contribution in [3.63, 3.8) is 0 Å². The lowest BCUT2D eigenvalue weighted by Gasteiger charge is -2.41. The van der Waals surface area contributed by atoms with Gasteiger partial charge < -0.3 is 44.5 Å². The Hall–Kier alpha value is -4.85. The fraction of sp³-hybridized carbons (Fsp3) is 0.585. The molecule has 1 saturated heterocycles. The van der Waals surface area contributed by atoms with E-state index in [1.807, 2.05) is 37.3 Å². The molecule has 2 aromatic rings. The number of nitrogens with one attached hydrogen (secondary N) is 2. The largest absolute Gasteiger partial charge is 0.493 e. The van der Waals surface area contributed by atoms with Crippen molar-refractivity contribution in [1.82, 2.24) is 20.4 Å². The molecular formula is C41H60N4O10. The number of methoxy groups -OCH3 is 3. The smallest absolute Gasteiger partial charge is 0.305 e. The molecule has 1 unspecified atom stereocenters. The summed E-state index contributed by atoms with van der Waals surface area (Å²) in [6, 6.07) is 11.5. The third kappa shape index (κ3) is 14.7. The van der Waals surface area contributed by atoms with Gasteiger partial charge in [0.05, 0.1) is 52.5 Å².